The number of amides is 1. The van der Waals surface area contributed by atoms with E-state index in [1.807, 2.05) is 25.1 Å². The van der Waals surface area contributed by atoms with Gasteiger partial charge in [0.05, 0.1) is 5.56 Å². The predicted molar refractivity (Wildman–Crippen MR) is 87.8 cm³/mol. The van der Waals surface area contributed by atoms with E-state index in [0.29, 0.717) is 11.8 Å². The highest BCUT2D eigenvalue weighted by Gasteiger charge is 2.26. The Labute approximate surface area is 133 Å². The molecule has 0 aromatic heterocycles. The molecule has 1 fully saturated rings. The molecule has 2 nitrogen and oxygen atoms in total. The first-order chi connectivity index (χ1) is 9.13. The molecule has 1 saturated carbocycles. The third-order valence-corrected chi connectivity index (χ3v) is 5.69. The third kappa shape index (κ3) is 3.63. The van der Waals surface area contributed by atoms with Crippen LogP contribution in [-0.2, 0) is 0 Å². The van der Waals surface area contributed by atoms with Crippen molar-refractivity contribution in [3.8, 4) is 0 Å². The smallest absolute Gasteiger partial charge is 0.252 e. The van der Waals surface area contributed by atoms with Crippen molar-refractivity contribution in [2.75, 3.05) is 5.88 Å². The van der Waals surface area contributed by atoms with Gasteiger partial charge in [0.2, 0.25) is 0 Å². The van der Waals surface area contributed by atoms with Gasteiger partial charge >= 0.3 is 0 Å². The van der Waals surface area contributed by atoms with E-state index in [1.165, 1.54) is 12.8 Å². The molecule has 1 amide bonds. The van der Waals surface area contributed by atoms with Gasteiger partial charge in [-0.3, -0.25) is 4.79 Å². The quantitative estimate of drug-likeness (QED) is 0.609. The van der Waals surface area contributed by atoms with Gasteiger partial charge in [-0.15, -0.1) is 11.6 Å². The second-order valence-corrected chi connectivity index (χ2v) is 6.60. The van der Waals surface area contributed by atoms with Gasteiger partial charge in [0.25, 0.3) is 5.91 Å². The summed E-state index contributed by atoms with van der Waals surface area (Å²) in [6.45, 7) is 2.03. The second kappa shape index (κ2) is 6.93. The van der Waals surface area contributed by atoms with Crippen molar-refractivity contribution in [3.63, 3.8) is 0 Å². The molecule has 1 aromatic rings. The Morgan fingerprint density at radius 2 is 2.16 bits per heavy atom. The van der Waals surface area contributed by atoms with Crippen LogP contribution >= 0.6 is 34.2 Å². The highest BCUT2D eigenvalue weighted by molar-refractivity contribution is 14.1. The fourth-order valence-electron chi connectivity index (χ4n) is 2.65. The Morgan fingerprint density at radius 1 is 1.42 bits per heavy atom. The van der Waals surface area contributed by atoms with E-state index in [4.69, 9.17) is 11.6 Å². The van der Waals surface area contributed by atoms with Crippen LogP contribution in [-0.4, -0.2) is 17.8 Å². The molecule has 19 heavy (non-hydrogen) atoms. The molecule has 0 radical (unpaired) electrons. The molecule has 0 aliphatic heterocycles. The molecule has 104 valence electrons. The molecule has 0 saturated heterocycles. The van der Waals surface area contributed by atoms with Gasteiger partial charge < -0.3 is 5.32 Å². The fourth-order valence-corrected chi connectivity index (χ4v) is 3.63. The summed E-state index contributed by atoms with van der Waals surface area (Å²) in [5.74, 6) is 1.09. The summed E-state index contributed by atoms with van der Waals surface area (Å²) in [6, 6.07) is 6.09. The number of hydrogen-bond donors (Lipinski definition) is 1. The van der Waals surface area contributed by atoms with Gasteiger partial charge in [0.15, 0.2) is 0 Å². The summed E-state index contributed by atoms with van der Waals surface area (Å²) >= 11 is 8.25. The lowest BCUT2D eigenvalue weighted by molar-refractivity contribution is 0.0910. The topological polar surface area (TPSA) is 29.1 Å². The number of aryl methyl sites for hydroxylation is 1. The molecule has 0 heterocycles. The molecule has 0 bridgehead atoms. The first-order valence-electron chi connectivity index (χ1n) is 6.75. The Morgan fingerprint density at radius 3 is 2.89 bits per heavy atom. The van der Waals surface area contributed by atoms with Crippen molar-refractivity contribution in [3.05, 3.63) is 32.9 Å². The maximum Gasteiger partial charge on any atom is 0.252 e. The molecule has 2 rings (SSSR count). The predicted octanol–water partition coefficient (Wildman–Crippen LogP) is 4.13. The zero-order valence-corrected chi connectivity index (χ0v) is 14.0. The van der Waals surface area contributed by atoms with Crippen LogP contribution in [0.3, 0.4) is 0 Å². The normalized spacial score (nSPS) is 23.1. The molecule has 2 unspecified atom stereocenters. The first kappa shape index (κ1) is 15.1. The first-order valence-corrected chi connectivity index (χ1v) is 8.36. The van der Waals surface area contributed by atoms with Crippen LogP contribution in [0.25, 0.3) is 0 Å². The molecule has 2 atom stereocenters. The van der Waals surface area contributed by atoms with Crippen molar-refractivity contribution in [1.29, 1.82) is 0 Å². The van der Waals surface area contributed by atoms with E-state index in [1.54, 1.807) is 0 Å². The van der Waals surface area contributed by atoms with E-state index in [0.717, 1.165) is 27.5 Å². The van der Waals surface area contributed by atoms with E-state index < -0.39 is 0 Å². The molecule has 1 aromatic carbocycles. The lowest BCUT2D eigenvalue weighted by Gasteiger charge is -2.31. The van der Waals surface area contributed by atoms with Gasteiger partial charge in [-0.25, -0.2) is 0 Å². The second-order valence-electron chi connectivity index (χ2n) is 5.22. The maximum atomic E-state index is 12.4. The van der Waals surface area contributed by atoms with Crippen LogP contribution in [0.2, 0.25) is 0 Å². The largest absolute Gasteiger partial charge is 0.349 e. The van der Waals surface area contributed by atoms with Gasteiger partial charge in [-0.2, -0.15) is 0 Å². The Balaban J connectivity index is 2.09. The molecule has 1 aliphatic carbocycles. The number of halogens is 2. The minimum atomic E-state index is 0.0371. The Bertz CT molecular complexity index is 463. The number of carbonyl (C=O) groups excluding carboxylic acids is 1. The summed E-state index contributed by atoms with van der Waals surface area (Å²) in [4.78, 5) is 12.4. The number of nitrogens with one attached hydrogen (secondary N) is 1. The SMILES string of the molecule is Cc1cccc(C(=O)NC2CCCCC2CCl)c1I. The highest BCUT2D eigenvalue weighted by atomic mass is 127. The van der Waals surface area contributed by atoms with Crippen LogP contribution < -0.4 is 5.32 Å². The van der Waals surface area contributed by atoms with Crippen molar-refractivity contribution in [1.82, 2.24) is 5.32 Å². The van der Waals surface area contributed by atoms with E-state index >= 15 is 0 Å². The zero-order valence-electron chi connectivity index (χ0n) is 11.1. The average Bonchev–Trinajstić information content (AvgIpc) is 2.42. The van der Waals surface area contributed by atoms with Crippen LogP contribution in [0.5, 0.6) is 0 Å². The summed E-state index contributed by atoms with van der Waals surface area (Å²) in [6.07, 6.45) is 4.58. The van der Waals surface area contributed by atoms with Gasteiger partial charge in [0.1, 0.15) is 0 Å². The number of carbonyl (C=O) groups is 1. The van der Waals surface area contributed by atoms with E-state index in [-0.39, 0.29) is 11.9 Å². The van der Waals surface area contributed by atoms with Crippen molar-refractivity contribution < 1.29 is 4.79 Å². The average molecular weight is 392 g/mol. The van der Waals surface area contributed by atoms with Crippen LogP contribution in [0.1, 0.15) is 41.6 Å². The zero-order chi connectivity index (χ0) is 13.8. The Kier molecular flexibility index (Phi) is 5.51. The van der Waals surface area contributed by atoms with Gasteiger partial charge in [-0.05, 0) is 59.9 Å². The number of alkyl halides is 1. The molecule has 1 N–H and O–H groups in total. The van der Waals surface area contributed by atoms with E-state index in [2.05, 4.69) is 27.9 Å². The van der Waals surface area contributed by atoms with Crippen LogP contribution in [0.15, 0.2) is 18.2 Å². The summed E-state index contributed by atoms with van der Waals surface area (Å²) in [5, 5.41) is 3.18. The molecular formula is C15H19ClINO. The summed E-state index contributed by atoms with van der Waals surface area (Å²) in [5.41, 5.74) is 1.92. The lowest BCUT2D eigenvalue weighted by atomic mass is 9.85. The fraction of sp³-hybridized carbons (Fsp3) is 0.533. The number of rotatable bonds is 3. The summed E-state index contributed by atoms with van der Waals surface area (Å²) in [7, 11) is 0. The standard InChI is InChI=1S/C15H19ClINO/c1-10-5-4-7-12(14(10)17)15(19)18-13-8-3-2-6-11(13)9-16/h4-5,7,11,13H,2-3,6,8-9H2,1H3,(H,18,19). The summed E-state index contributed by atoms with van der Waals surface area (Å²) < 4.78 is 1.04. The van der Waals surface area contributed by atoms with Crippen LogP contribution in [0.4, 0.5) is 0 Å². The molecular weight excluding hydrogens is 373 g/mol. The number of hydrogen-bond acceptors (Lipinski definition) is 1. The number of benzene rings is 1. The monoisotopic (exact) mass is 391 g/mol. The van der Waals surface area contributed by atoms with Gasteiger partial charge in [0, 0.05) is 15.5 Å². The molecule has 4 heteroatoms. The lowest BCUT2D eigenvalue weighted by Crippen LogP contribution is -2.43. The third-order valence-electron chi connectivity index (χ3n) is 3.86. The van der Waals surface area contributed by atoms with Crippen molar-refractivity contribution in [2.24, 2.45) is 5.92 Å². The van der Waals surface area contributed by atoms with Crippen molar-refractivity contribution in [2.45, 2.75) is 38.6 Å². The van der Waals surface area contributed by atoms with Crippen molar-refractivity contribution >= 4 is 40.1 Å². The maximum absolute atomic E-state index is 12.4. The van der Waals surface area contributed by atoms with E-state index in [9.17, 15) is 4.79 Å². The molecule has 0 spiro atoms. The molecule has 1 aliphatic rings. The Hall–Kier alpha value is -0.290. The minimum Gasteiger partial charge on any atom is -0.349 e. The van der Waals surface area contributed by atoms with Crippen LogP contribution in [0, 0.1) is 16.4 Å². The van der Waals surface area contributed by atoms with Gasteiger partial charge in [-0.1, -0.05) is 25.0 Å². The minimum absolute atomic E-state index is 0.0371. The highest BCUT2D eigenvalue weighted by Crippen LogP contribution is 2.26.